The van der Waals surface area contributed by atoms with Gasteiger partial charge in [0.05, 0.1) is 22.8 Å². The first-order valence-electron chi connectivity index (χ1n) is 9.02. The molecule has 0 bridgehead atoms. The van der Waals surface area contributed by atoms with E-state index in [9.17, 15) is 10.0 Å². The van der Waals surface area contributed by atoms with Crippen LogP contribution in [0.15, 0.2) is 48.8 Å². The fourth-order valence-corrected chi connectivity index (χ4v) is 3.64. The van der Waals surface area contributed by atoms with Crippen molar-refractivity contribution in [1.29, 1.82) is 0 Å². The van der Waals surface area contributed by atoms with Crippen LogP contribution in [0.4, 0.5) is 4.79 Å². The highest BCUT2D eigenvalue weighted by molar-refractivity contribution is 6.38. The molecular formula is C20H23ClN4O2. The number of hydrogen-bond donors (Lipinski definition) is 2. The maximum absolute atomic E-state index is 10.8. The monoisotopic (exact) mass is 386 g/mol. The van der Waals surface area contributed by atoms with Gasteiger partial charge in [0, 0.05) is 29.9 Å². The summed E-state index contributed by atoms with van der Waals surface area (Å²) in [4.78, 5) is 15.0. The van der Waals surface area contributed by atoms with Gasteiger partial charge in [-0.05, 0) is 31.0 Å². The SMILES string of the molecule is NC(=O)N(O)CCCCCCn1c(-c2cccnc2)c(Cl)c2ccccc21. The van der Waals surface area contributed by atoms with E-state index in [0.717, 1.165) is 53.0 Å². The number of unbranched alkanes of at least 4 members (excludes halogenated alkanes) is 3. The molecule has 1 aromatic carbocycles. The Morgan fingerprint density at radius 3 is 2.67 bits per heavy atom. The van der Waals surface area contributed by atoms with E-state index in [1.807, 2.05) is 36.5 Å². The quantitative estimate of drug-likeness (QED) is 0.334. The van der Waals surface area contributed by atoms with E-state index >= 15 is 0 Å². The number of para-hydroxylation sites is 1. The third-order valence-corrected chi connectivity index (χ3v) is 4.98. The highest BCUT2D eigenvalue weighted by atomic mass is 35.5. The molecule has 2 aromatic heterocycles. The molecule has 0 aliphatic rings. The third-order valence-electron chi connectivity index (χ3n) is 4.60. The van der Waals surface area contributed by atoms with Crippen molar-refractivity contribution < 1.29 is 10.0 Å². The summed E-state index contributed by atoms with van der Waals surface area (Å²) >= 11 is 6.70. The number of aromatic nitrogens is 2. The number of hydroxylamine groups is 2. The number of aryl methyl sites for hydroxylation is 1. The molecule has 0 saturated carbocycles. The number of fused-ring (bicyclic) bond motifs is 1. The predicted octanol–water partition coefficient (Wildman–Crippen LogP) is 4.69. The fourth-order valence-electron chi connectivity index (χ4n) is 3.27. The molecule has 2 amide bonds. The number of rotatable bonds is 8. The van der Waals surface area contributed by atoms with Crippen molar-refractivity contribution in [2.24, 2.45) is 5.73 Å². The number of amides is 2. The van der Waals surface area contributed by atoms with Crippen LogP contribution in [0, 0.1) is 0 Å². The Hall–Kier alpha value is -2.57. The van der Waals surface area contributed by atoms with Crippen LogP contribution in [0.25, 0.3) is 22.2 Å². The molecule has 0 aliphatic heterocycles. The summed E-state index contributed by atoms with van der Waals surface area (Å²) in [6.45, 7) is 1.09. The molecular weight excluding hydrogens is 364 g/mol. The predicted molar refractivity (Wildman–Crippen MR) is 107 cm³/mol. The van der Waals surface area contributed by atoms with E-state index in [4.69, 9.17) is 17.3 Å². The Morgan fingerprint density at radius 1 is 1.15 bits per heavy atom. The number of urea groups is 1. The van der Waals surface area contributed by atoms with Crippen molar-refractivity contribution in [3.05, 3.63) is 53.8 Å². The van der Waals surface area contributed by atoms with Gasteiger partial charge >= 0.3 is 6.03 Å². The van der Waals surface area contributed by atoms with Crippen molar-refractivity contribution in [1.82, 2.24) is 14.6 Å². The molecule has 0 atom stereocenters. The summed E-state index contributed by atoms with van der Waals surface area (Å²) in [7, 11) is 0. The molecule has 0 aliphatic carbocycles. The van der Waals surface area contributed by atoms with Crippen LogP contribution in [-0.4, -0.2) is 32.4 Å². The minimum atomic E-state index is -0.815. The zero-order valence-corrected chi connectivity index (χ0v) is 15.8. The van der Waals surface area contributed by atoms with Crippen molar-refractivity contribution >= 4 is 28.5 Å². The van der Waals surface area contributed by atoms with Gasteiger partial charge in [-0.15, -0.1) is 0 Å². The van der Waals surface area contributed by atoms with Crippen molar-refractivity contribution in [2.45, 2.75) is 32.2 Å². The molecule has 6 nitrogen and oxygen atoms in total. The van der Waals surface area contributed by atoms with Gasteiger partial charge in [-0.2, -0.15) is 0 Å². The lowest BCUT2D eigenvalue weighted by Crippen LogP contribution is -2.33. The lowest BCUT2D eigenvalue weighted by molar-refractivity contribution is -0.0403. The second kappa shape index (κ2) is 8.88. The van der Waals surface area contributed by atoms with Gasteiger partial charge in [-0.3, -0.25) is 10.2 Å². The maximum Gasteiger partial charge on any atom is 0.338 e. The van der Waals surface area contributed by atoms with Crippen molar-refractivity contribution in [2.75, 3.05) is 6.54 Å². The maximum atomic E-state index is 10.8. The number of benzene rings is 1. The van der Waals surface area contributed by atoms with E-state index in [1.54, 1.807) is 6.20 Å². The molecule has 7 heteroatoms. The minimum absolute atomic E-state index is 0.258. The van der Waals surface area contributed by atoms with Crippen molar-refractivity contribution in [3.8, 4) is 11.3 Å². The molecule has 3 aromatic rings. The standard InChI is InChI=1S/C20H23ClN4O2/c21-18-16-9-3-4-10-17(16)24(19(18)15-8-7-11-23-14-15)12-5-1-2-6-13-25(27)20(22)26/h3-4,7-11,14,27H,1-2,5-6,12-13H2,(H2,22,26). The molecule has 142 valence electrons. The topological polar surface area (TPSA) is 84.4 Å². The van der Waals surface area contributed by atoms with Crippen LogP contribution in [0.5, 0.6) is 0 Å². The summed E-state index contributed by atoms with van der Waals surface area (Å²) in [5, 5.41) is 11.6. The lowest BCUT2D eigenvalue weighted by atomic mass is 10.1. The van der Waals surface area contributed by atoms with Gasteiger partial charge < -0.3 is 10.3 Å². The Bertz CT molecular complexity index is 911. The average molecular weight is 387 g/mol. The molecule has 0 spiro atoms. The minimum Gasteiger partial charge on any atom is -0.350 e. The first-order valence-corrected chi connectivity index (χ1v) is 9.40. The third kappa shape index (κ3) is 4.40. The largest absolute Gasteiger partial charge is 0.350 e. The van der Waals surface area contributed by atoms with E-state index in [1.165, 1.54) is 0 Å². The molecule has 3 N–H and O–H groups in total. The molecule has 0 radical (unpaired) electrons. The number of hydrogen-bond acceptors (Lipinski definition) is 3. The lowest BCUT2D eigenvalue weighted by Gasteiger charge is -2.13. The second-order valence-corrected chi connectivity index (χ2v) is 6.83. The summed E-state index contributed by atoms with van der Waals surface area (Å²) < 4.78 is 2.25. The molecule has 3 rings (SSSR count). The first-order chi connectivity index (χ1) is 13.1. The van der Waals surface area contributed by atoms with E-state index in [2.05, 4.69) is 15.6 Å². The second-order valence-electron chi connectivity index (χ2n) is 6.45. The molecule has 2 heterocycles. The van der Waals surface area contributed by atoms with Gasteiger partial charge in [0.15, 0.2) is 0 Å². The van der Waals surface area contributed by atoms with Crippen LogP contribution < -0.4 is 5.73 Å². The summed E-state index contributed by atoms with van der Waals surface area (Å²) in [6, 6.07) is 11.2. The fraction of sp³-hybridized carbons (Fsp3) is 0.300. The smallest absolute Gasteiger partial charge is 0.338 e. The first kappa shape index (κ1) is 19.2. The number of pyridine rings is 1. The van der Waals surface area contributed by atoms with Crippen molar-refractivity contribution in [3.63, 3.8) is 0 Å². The highest BCUT2D eigenvalue weighted by Gasteiger charge is 2.16. The van der Waals surface area contributed by atoms with Gasteiger partial charge in [-0.1, -0.05) is 42.6 Å². The summed E-state index contributed by atoms with van der Waals surface area (Å²) in [6.07, 6.45) is 7.13. The van der Waals surface area contributed by atoms with Crippen LogP contribution >= 0.6 is 11.6 Å². The molecule has 27 heavy (non-hydrogen) atoms. The Kier molecular flexibility index (Phi) is 6.32. The van der Waals surface area contributed by atoms with E-state index in [0.29, 0.717) is 11.5 Å². The number of halogens is 1. The number of carbonyl (C=O) groups is 1. The van der Waals surface area contributed by atoms with Crippen LogP contribution in [0.2, 0.25) is 5.02 Å². The van der Waals surface area contributed by atoms with E-state index in [-0.39, 0.29) is 6.54 Å². The Labute approximate surface area is 163 Å². The van der Waals surface area contributed by atoms with Gasteiger partial charge in [0.2, 0.25) is 0 Å². The molecule has 0 unspecified atom stereocenters. The summed E-state index contributed by atoms with van der Waals surface area (Å²) in [5.74, 6) is 0. The normalized spacial score (nSPS) is 11.0. The number of primary amides is 1. The highest BCUT2D eigenvalue weighted by Crippen LogP contribution is 2.37. The zero-order valence-electron chi connectivity index (χ0n) is 15.0. The number of carbonyl (C=O) groups excluding carboxylic acids is 1. The summed E-state index contributed by atoms with van der Waals surface area (Å²) in [5.41, 5.74) is 8.09. The average Bonchev–Trinajstić information content (AvgIpc) is 2.97. The van der Waals surface area contributed by atoms with Crippen LogP contribution in [0.1, 0.15) is 25.7 Å². The number of nitrogens with two attached hydrogens (primary N) is 1. The zero-order chi connectivity index (χ0) is 19.2. The Balaban J connectivity index is 1.71. The van der Waals surface area contributed by atoms with Crippen LogP contribution in [-0.2, 0) is 6.54 Å². The van der Waals surface area contributed by atoms with Gasteiger partial charge in [0.1, 0.15) is 0 Å². The molecule has 0 fully saturated rings. The van der Waals surface area contributed by atoms with E-state index < -0.39 is 6.03 Å². The molecule has 0 saturated heterocycles. The van der Waals surface area contributed by atoms with Crippen LogP contribution in [0.3, 0.4) is 0 Å². The Morgan fingerprint density at radius 2 is 1.93 bits per heavy atom. The van der Waals surface area contributed by atoms with Gasteiger partial charge in [-0.25, -0.2) is 9.86 Å². The van der Waals surface area contributed by atoms with Gasteiger partial charge in [0.25, 0.3) is 0 Å². The number of nitrogens with zero attached hydrogens (tertiary/aromatic N) is 3.